The van der Waals surface area contributed by atoms with Crippen molar-refractivity contribution in [3.63, 3.8) is 0 Å². The number of benzene rings is 1. The zero-order chi connectivity index (χ0) is 21.6. The summed E-state index contributed by atoms with van der Waals surface area (Å²) in [6, 6.07) is 5.72. The summed E-state index contributed by atoms with van der Waals surface area (Å²) < 4.78 is 20.3. The molecule has 2 rings (SSSR count). The third-order valence-corrected chi connectivity index (χ3v) is 4.26. The number of ether oxygens (including phenoxy) is 1. The van der Waals surface area contributed by atoms with Crippen LogP contribution in [0.3, 0.4) is 0 Å². The number of hydrogen-bond acceptors (Lipinski definition) is 5. The largest absolute Gasteiger partial charge is 0.481 e. The number of rotatable bonds is 9. The molecule has 1 aromatic carbocycles. The number of nitrogens with two attached hydrogens (primary N) is 1. The summed E-state index contributed by atoms with van der Waals surface area (Å²) in [5.41, 5.74) is 4.65. The Bertz CT molecular complexity index is 968. The van der Waals surface area contributed by atoms with Crippen molar-refractivity contribution in [3.8, 4) is 5.75 Å². The summed E-state index contributed by atoms with van der Waals surface area (Å²) in [5, 5.41) is 0. The van der Waals surface area contributed by atoms with Crippen LogP contribution in [0, 0.1) is 11.7 Å². The summed E-state index contributed by atoms with van der Waals surface area (Å²) in [7, 11) is 0. The molecule has 0 fully saturated rings. The first-order chi connectivity index (χ1) is 13.8. The number of amides is 1. The van der Waals surface area contributed by atoms with E-state index in [4.69, 9.17) is 10.5 Å². The van der Waals surface area contributed by atoms with Crippen molar-refractivity contribution in [1.29, 1.82) is 0 Å². The number of nitrogens with zero attached hydrogens (tertiary/aromatic N) is 2. The number of para-hydroxylation sites is 1. The fraction of sp³-hybridized carbons (Fsp3) is 0.450. The van der Waals surface area contributed by atoms with Gasteiger partial charge in [-0.05, 0) is 24.5 Å². The molecule has 0 unspecified atom stereocenters. The molecule has 158 valence electrons. The van der Waals surface area contributed by atoms with E-state index >= 15 is 0 Å². The van der Waals surface area contributed by atoms with E-state index in [1.807, 2.05) is 20.8 Å². The van der Waals surface area contributed by atoms with Crippen LogP contribution in [0.15, 0.2) is 33.9 Å². The van der Waals surface area contributed by atoms with E-state index < -0.39 is 29.6 Å². The van der Waals surface area contributed by atoms with Gasteiger partial charge in [0.15, 0.2) is 23.9 Å². The molecule has 0 aliphatic heterocycles. The van der Waals surface area contributed by atoms with Crippen LogP contribution in [0.1, 0.15) is 33.6 Å². The molecule has 29 heavy (non-hydrogen) atoms. The molecule has 2 aromatic rings. The third-order valence-electron chi connectivity index (χ3n) is 4.26. The van der Waals surface area contributed by atoms with Gasteiger partial charge in [0.05, 0.1) is 0 Å². The van der Waals surface area contributed by atoms with Gasteiger partial charge in [-0.2, -0.15) is 0 Å². The molecule has 1 amide bonds. The van der Waals surface area contributed by atoms with Crippen LogP contribution in [-0.4, -0.2) is 28.6 Å². The van der Waals surface area contributed by atoms with Gasteiger partial charge in [-0.15, -0.1) is 0 Å². The van der Waals surface area contributed by atoms with Gasteiger partial charge >= 0.3 is 5.69 Å². The Labute approximate surface area is 168 Å². The molecule has 9 heteroatoms. The molecule has 0 atom stereocenters. The van der Waals surface area contributed by atoms with Gasteiger partial charge in [-0.25, -0.2) is 9.18 Å². The minimum atomic E-state index is -0.750. The number of aromatic nitrogens is 2. The standard InChI is InChI=1S/C20H27FN4O4/c1-4-5-10-24-18(22)17(19(27)23-20(24)28)25(11-13(2)3)16(26)12-29-15-9-7-6-8-14(15)21/h6-9,13H,4-5,10-12,22H2,1-3H3,(H,23,27,28). The zero-order valence-electron chi connectivity index (χ0n) is 16.9. The zero-order valence-corrected chi connectivity index (χ0v) is 16.9. The van der Waals surface area contributed by atoms with Gasteiger partial charge < -0.3 is 15.4 Å². The second kappa shape index (κ2) is 9.90. The minimum absolute atomic E-state index is 0.00207. The van der Waals surface area contributed by atoms with Crippen LogP contribution in [0.5, 0.6) is 5.75 Å². The molecule has 0 spiro atoms. The van der Waals surface area contributed by atoms with Gasteiger partial charge in [0, 0.05) is 13.1 Å². The highest BCUT2D eigenvalue weighted by molar-refractivity contribution is 5.96. The Hall–Kier alpha value is -3.10. The van der Waals surface area contributed by atoms with E-state index in [1.54, 1.807) is 6.07 Å². The Morgan fingerprint density at radius 3 is 2.62 bits per heavy atom. The molecule has 0 bridgehead atoms. The number of carbonyl (C=O) groups is 1. The predicted molar refractivity (Wildman–Crippen MR) is 110 cm³/mol. The lowest BCUT2D eigenvalue weighted by atomic mass is 10.2. The minimum Gasteiger partial charge on any atom is -0.481 e. The average molecular weight is 406 g/mol. The van der Waals surface area contributed by atoms with Crippen molar-refractivity contribution in [2.45, 2.75) is 40.2 Å². The topological polar surface area (TPSA) is 110 Å². The Kier molecular flexibility index (Phi) is 7.58. The lowest BCUT2D eigenvalue weighted by Gasteiger charge is -2.26. The molecule has 0 saturated carbocycles. The second-order valence-electron chi connectivity index (χ2n) is 7.12. The number of unbranched alkanes of at least 4 members (excludes halogenated alkanes) is 1. The molecule has 0 saturated heterocycles. The predicted octanol–water partition coefficient (Wildman–Crippen LogP) is 2.13. The Balaban J connectivity index is 2.39. The third kappa shape index (κ3) is 5.46. The molecular formula is C20H27FN4O4. The van der Waals surface area contributed by atoms with Crippen molar-refractivity contribution < 1.29 is 13.9 Å². The van der Waals surface area contributed by atoms with E-state index in [1.165, 1.54) is 27.7 Å². The van der Waals surface area contributed by atoms with Crippen LogP contribution in [0.2, 0.25) is 0 Å². The maximum absolute atomic E-state index is 13.8. The molecule has 8 nitrogen and oxygen atoms in total. The van der Waals surface area contributed by atoms with Crippen molar-refractivity contribution in [1.82, 2.24) is 9.55 Å². The van der Waals surface area contributed by atoms with Gasteiger partial charge in [-0.1, -0.05) is 39.3 Å². The SMILES string of the molecule is CCCCn1c(N)c(N(CC(C)C)C(=O)COc2ccccc2F)c(=O)[nH]c1=O. The molecule has 0 radical (unpaired) electrons. The molecule has 1 heterocycles. The molecule has 3 N–H and O–H groups in total. The number of hydrogen-bond donors (Lipinski definition) is 2. The number of nitrogen functional groups attached to an aromatic ring is 1. The van der Waals surface area contributed by atoms with E-state index in [-0.39, 0.29) is 29.7 Å². The van der Waals surface area contributed by atoms with E-state index in [0.29, 0.717) is 13.0 Å². The highest BCUT2D eigenvalue weighted by atomic mass is 19.1. The van der Waals surface area contributed by atoms with Crippen LogP contribution in [0.25, 0.3) is 0 Å². The number of carbonyl (C=O) groups excluding carboxylic acids is 1. The van der Waals surface area contributed by atoms with Crippen LogP contribution in [0.4, 0.5) is 15.9 Å². The van der Waals surface area contributed by atoms with Crippen molar-refractivity contribution in [2.24, 2.45) is 5.92 Å². The van der Waals surface area contributed by atoms with Crippen LogP contribution >= 0.6 is 0 Å². The lowest BCUT2D eigenvalue weighted by Crippen LogP contribution is -2.44. The highest BCUT2D eigenvalue weighted by Crippen LogP contribution is 2.20. The first-order valence-electron chi connectivity index (χ1n) is 9.56. The van der Waals surface area contributed by atoms with Crippen molar-refractivity contribution >= 4 is 17.4 Å². The van der Waals surface area contributed by atoms with Crippen LogP contribution in [-0.2, 0) is 11.3 Å². The fourth-order valence-electron chi connectivity index (χ4n) is 2.84. The summed E-state index contributed by atoms with van der Waals surface area (Å²) >= 11 is 0. The van der Waals surface area contributed by atoms with E-state index in [2.05, 4.69) is 4.98 Å². The van der Waals surface area contributed by atoms with Gasteiger partial charge in [0.25, 0.3) is 11.5 Å². The molecule has 0 aliphatic carbocycles. The maximum atomic E-state index is 13.8. The quantitative estimate of drug-likeness (QED) is 0.663. The number of halogens is 1. The lowest BCUT2D eigenvalue weighted by molar-refractivity contribution is -0.120. The van der Waals surface area contributed by atoms with Crippen molar-refractivity contribution in [3.05, 3.63) is 50.9 Å². The fourth-order valence-corrected chi connectivity index (χ4v) is 2.84. The number of anilines is 2. The van der Waals surface area contributed by atoms with Gasteiger partial charge in [0.2, 0.25) is 0 Å². The summed E-state index contributed by atoms with van der Waals surface area (Å²) in [6.07, 6.45) is 1.51. The second-order valence-corrected chi connectivity index (χ2v) is 7.12. The number of nitrogens with one attached hydrogen (secondary N) is 1. The molecule has 0 aliphatic rings. The Morgan fingerprint density at radius 2 is 2.00 bits per heavy atom. The Morgan fingerprint density at radius 1 is 1.31 bits per heavy atom. The first kappa shape index (κ1) is 22.2. The van der Waals surface area contributed by atoms with Gasteiger partial charge in [0.1, 0.15) is 5.82 Å². The number of H-pyrrole nitrogens is 1. The monoisotopic (exact) mass is 406 g/mol. The molecular weight excluding hydrogens is 379 g/mol. The smallest absolute Gasteiger partial charge is 0.330 e. The first-order valence-corrected chi connectivity index (χ1v) is 9.56. The normalized spacial score (nSPS) is 10.9. The summed E-state index contributed by atoms with van der Waals surface area (Å²) in [4.78, 5) is 40.9. The average Bonchev–Trinajstić information content (AvgIpc) is 2.65. The highest BCUT2D eigenvalue weighted by Gasteiger charge is 2.25. The van der Waals surface area contributed by atoms with E-state index in [9.17, 15) is 18.8 Å². The summed E-state index contributed by atoms with van der Waals surface area (Å²) in [6.45, 7) is 5.72. The number of aromatic amines is 1. The molecule has 1 aromatic heterocycles. The van der Waals surface area contributed by atoms with Gasteiger partial charge in [-0.3, -0.25) is 19.1 Å². The maximum Gasteiger partial charge on any atom is 0.330 e. The van der Waals surface area contributed by atoms with Crippen molar-refractivity contribution in [2.75, 3.05) is 23.8 Å². The summed E-state index contributed by atoms with van der Waals surface area (Å²) in [5.74, 6) is -1.31. The van der Waals surface area contributed by atoms with Crippen LogP contribution < -0.4 is 26.6 Å². The van der Waals surface area contributed by atoms with E-state index in [0.717, 1.165) is 6.42 Å².